The SMILES string of the molecule is C=CCNCC=C.O=C(O)CCCCCOCc1ccc(I)s1. The molecule has 0 spiro atoms. The first kappa shape index (κ1) is 22.3. The molecule has 1 aromatic rings. The summed E-state index contributed by atoms with van der Waals surface area (Å²) in [5, 5.41) is 11.5. The fraction of sp³-hybridized carbons (Fsp3) is 0.471. The molecule has 1 aromatic heterocycles. The summed E-state index contributed by atoms with van der Waals surface area (Å²) >= 11 is 4.04. The van der Waals surface area contributed by atoms with Gasteiger partial charge >= 0.3 is 5.97 Å². The Hall–Kier alpha value is -0.700. The number of rotatable bonds is 12. The predicted molar refractivity (Wildman–Crippen MR) is 106 cm³/mol. The number of nitrogens with one attached hydrogen (secondary N) is 1. The fourth-order valence-electron chi connectivity index (χ4n) is 1.55. The van der Waals surface area contributed by atoms with Gasteiger partial charge in [0, 0.05) is 31.0 Å². The van der Waals surface area contributed by atoms with E-state index in [1.807, 2.05) is 12.2 Å². The molecule has 0 aliphatic rings. The number of carbonyl (C=O) groups is 1. The summed E-state index contributed by atoms with van der Waals surface area (Å²) < 4.78 is 6.78. The molecule has 0 atom stereocenters. The highest BCUT2D eigenvalue weighted by molar-refractivity contribution is 14.1. The minimum Gasteiger partial charge on any atom is -0.481 e. The summed E-state index contributed by atoms with van der Waals surface area (Å²) in [4.78, 5) is 11.5. The van der Waals surface area contributed by atoms with Gasteiger partial charge in [-0.3, -0.25) is 4.79 Å². The van der Waals surface area contributed by atoms with Crippen LogP contribution in [0.1, 0.15) is 30.6 Å². The monoisotopic (exact) mass is 451 g/mol. The molecule has 0 saturated carbocycles. The molecule has 23 heavy (non-hydrogen) atoms. The van der Waals surface area contributed by atoms with E-state index in [2.05, 4.69) is 53.2 Å². The van der Waals surface area contributed by atoms with Gasteiger partial charge in [0.1, 0.15) is 0 Å². The van der Waals surface area contributed by atoms with Gasteiger partial charge in [0.25, 0.3) is 0 Å². The summed E-state index contributed by atoms with van der Waals surface area (Å²) in [6.07, 6.45) is 6.52. The highest BCUT2D eigenvalue weighted by Crippen LogP contribution is 2.18. The van der Waals surface area contributed by atoms with Crippen molar-refractivity contribution in [2.24, 2.45) is 0 Å². The number of thiophene rings is 1. The molecule has 4 nitrogen and oxygen atoms in total. The molecule has 1 rings (SSSR count). The maximum absolute atomic E-state index is 10.2. The molecule has 6 heteroatoms. The molecule has 0 bridgehead atoms. The highest BCUT2D eigenvalue weighted by Gasteiger charge is 1.99. The minimum atomic E-state index is -0.714. The second-order valence-electron chi connectivity index (χ2n) is 4.70. The Labute approximate surface area is 156 Å². The van der Waals surface area contributed by atoms with Gasteiger partial charge < -0.3 is 15.2 Å². The van der Waals surface area contributed by atoms with Crippen molar-refractivity contribution < 1.29 is 14.6 Å². The van der Waals surface area contributed by atoms with E-state index < -0.39 is 5.97 Å². The Morgan fingerprint density at radius 2 is 1.96 bits per heavy atom. The molecule has 0 fully saturated rings. The zero-order valence-corrected chi connectivity index (χ0v) is 16.4. The minimum absolute atomic E-state index is 0.267. The number of unbranched alkanes of at least 4 members (excludes halogenated alkanes) is 2. The maximum atomic E-state index is 10.2. The van der Waals surface area contributed by atoms with Crippen LogP contribution in [0.2, 0.25) is 0 Å². The van der Waals surface area contributed by atoms with Crippen LogP contribution in [0.3, 0.4) is 0 Å². The summed E-state index contributed by atoms with van der Waals surface area (Å²) in [7, 11) is 0. The molecular weight excluding hydrogens is 425 g/mol. The molecule has 0 unspecified atom stereocenters. The van der Waals surface area contributed by atoms with Crippen LogP contribution in [-0.2, 0) is 16.1 Å². The molecule has 0 aromatic carbocycles. The van der Waals surface area contributed by atoms with Crippen molar-refractivity contribution in [2.45, 2.75) is 32.3 Å². The zero-order chi connectivity index (χ0) is 17.3. The van der Waals surface area contributed by atoms with E-state index in [1.165, 1.54) is 7.76 Å². The maximum Gasteiger partial charge on any atom is 0.303 e. The topological polar surface area (TPSA) is 58.6 Å². The van der Waals surface area contributed by atoms with Crippen molar-refractivity contribution in [3.8, 4) is 0 Å². The van der Waals surface area contributed by atoms with Crippen molar-refractivity contribution in [2.75, 3.05) is 19.7 Å². The smallest absolute Gasteiger partial charge is 0.303 e. The Balaban J connectivity index is 0.000000585. The number of carboxylic acids is 1. The van der Waals surface area contributed by atoms with Crippen LogP contribution in [0.15, 0.2) is 37.4 Å². The van der Waals surface area contributed by atoms with Crippen molar-refractivity contribution in [1.29, 1.82) is 0 Å². The lowest BCUT2D eigenvalue weighted by atomic mass is 10.2. The number of halogens is 1. The average Bonchev–Trinajstić information content (AvgIpc) is 2.93. The highest BCUT2D eigenvalue weighted by atomic mass is 127. The molecule has 0 amide bonds. The summed E-state index contributed by atoms with van der Waals surface area (Å²) in [5.74, 6) is -0.714. The van der Waals surface area contributed by atoms with E-state index in [4.69, 9.17) is 9.84 Å². The second kappa shape index (κ2) is 16.2. The number of ether oxygens (including phenoxy) is 1. The van der Waals surface area contributed by atoms with Gasteiger partial charge in [-0.1, -0.05) is 18.6 Å². The van der Waals surface area contributed by atoms with Crippen molar-refractivity contribution in [3.05, 3.63) is 45.2 Å². The van der Waals surface area contributed by atoms with Gasteiger partial charge in [0.05, 0.1) is 9.49 Å². The summed E-state index contributed by atoms with van der Waals surface area (Å²) in [6.45, 7) is 10.2. The third kappa shape index (κ3) is 16.0. The van der Waals surface area contributed by atoms with E-state index in [0.29, 0.717) is 13.2 Å². The third-order valence-electron chi connectivity index (χ3n) is 2.63. The largest absolute Gasteiger partial charge is 0.481 e. The predicted octanol–water partition coefficient (Wildman–Crippen LogP) is 4.46. The summed E-state index contributed by atoms with van der Waals surface area (Å²) in [6, 6.07) is 4.16. The normalized spacial score (nSPS) is 9.78. The van der Waals surface area contributed by atoms with Gasteiger partial charge in [-0.05, 0) is 47.6 Å². The van der Waals surface area contributed by atoms with Crippen molar-refractivity contribution in [3.63, 3.8) is 0 Å². The average molecular weight is 451 g/mol. The molecular formula is C17H26INO3S. The number of aliphatic carboxylic acids is 1. The quantitative estimate of drug-likeness (QED) is 0.280. The van der Waals surface area contributed by atoms with Crippen LogP contribution in [0.25, 0.3) is 0 Å². The first-order valence-electron chi connectivity index (χ1n) is 7.56. The molecule has 130 valence electrons. The van der Waals surface area contributed by atoms with Crippen molar-refractivity contribution >= 4 is 39.9 Å². The van der Waals surface area contributed by atoms with Crippen LogP contribution in [0, 0.1) is 2.88 Å². The van der Waals surface area contributed by atoms with Gasteiger partial charge in [-0.15, -0.1) is 24.5 Å². The van der Waals surface area contributed by atoms with E-state index in [-0.39, 0.29) is 6.42 Å². The van der Waals surface area contributed by atoms with Crippen LogP contribution in [0.4, 0.5) is 0 Å². The lowest BCUT2D eigenvalue weighted by Crippen LogP contribution is -2.11. The molecule has 2 N–H and O–H groups in total. The Morgan fingerprint density at radius 3 is 2.48 bits per heavy atom. The van der Waals surface area contributed by atoms with Crippen LogP contribution in [-0.4, -0.2) is 30.8 Å². The third-order valence-corrected chi connectivity index (χ3v) is 4.50. The molecule has 0 aliphatic heterocycles. The van der Waals surface area contributed by atoms with Gasteiger partial charge in [-0.2, -0.15) is 0 Å². The number of hydrogen-bond donors (Lipinski definition) is 2. The van der Waals surface area contributed by atoms with E-state index in [0.717, 1.165) is 32.4 Å². The number of hydrogen-bond acceptors (Lipinski definition) is 4. The van der Waals surface area contributed by atoms with Gasteiger partial charge in [0.2, 0.25) is 0 Å². The Bertz CT molecular complexity index is 441. The standard InChI is InChI=1S/C11H15IO3S.C6H11N/c12-10-6-5-9(16-10)8-15-7-3-1-2-4-11(13)14;1-3-5-7-6-4-2/h5-6H,1-4,7-8H2,(H,13,14);3-4,7H,1-2,5-6H2. The lowest BCUT2D eigenvalue weighted by molar-refractivity contribution is -0.137. The van der Waals surface area contributed by atoms with E-state index in [9.17, 15) is 4.79 Å². The van der Waals surface area contributed by atoms with Crippen LogP contribution < -0.4 is 5.32 Å². The Morgan fingerprint density at radius 1 is 1.26 bits per heavy atom. The molecule has 0 radical (unpaired) electrons. The van der Waals surface area contributed by atoms with Crippen LogP contribution in [0.5, 0.6) is 0 Å². The van der Waals surface area contributed by atoms with Gasteiger partial charge in [0.15, 0.2) is 0 Å². The van der Waals surface area contributed by atoms with Crippen LogP contribution >= 0.6 is 33.9 Å². The Kier molecular flexibility index (Phi) is 15.7. The molecule has 1 heterocycles. The van der Waals surface area contributed by atoms with Gasteiger partial charge in [-0.25, -0.2) is 0 Å². The first-order valence-corrected chi connectivity index (χ1v) is 9.46. The van der Waals surface area contributed by atoms with E-state index in [1.54, 1.807) is 11.3 Å². The zero-order valence-electron chi connectivity index (χ0n) is 13.4. The fourth-order valence-corrected chi connectivity index (χ4v) is 3.24. The van der Waals surface area contributed by atoms with Crippen molar-refractivity contribution in [1.82, 2.24) is 5.32 Å². The summed E-state index contributed by atoms with van der Waals surface area (Å²) in [5.41, 5.74) is 0. The molecule has 0 saturated heterocycles. The van der Waals surface area contributed by atoms with E-state index >= 15 is 0 Å². The first-order chi connectivity index (χ1) is 11.1. The lowest BCUT2D eigenvalue weighted by Gasteiger charge is -2.01. The second-order valence-corrected chi connectivity index (χ2v) is 7.76. The number of carboxylic acid groups (broad SMARTS) is 1. The molecule has 0 aliphatic carbocycles.